The van der Waals surface area contributed by atoms with Crippen molar-refractivity contribution >= 4 is 11.7 Å². The zero-order chi connectivity index (χ0) is 19.1. The average Bonchev–Trinajstić information content (AvgIpc) is 3.24. The van der Waals surface area contributed by atoms with E-state index in [1.165, 1.54) is 5.56 Å². The molecule has 5 rings (SSSR count). The molecule has 3 aliphatic rings. The van der Waals surface area contributed by atoms with E-state index in [0.717, 1.165) is 62.4 Å². The highest BCUT2D eigenvalue weighted by atomic mass is 16.3. The first-order valence-corrected chi connectivity index (χ1v) is 10.3. The molecule has 2 aliphatic heterocycles. The molecule has 1 saturated carbocycles. The van der Waals surface area contributed by atoms with Crippen molar-refractivity contribution in [3.63, 3.8) is 0 Å². The van der Waals surface area contributed by atoms with Crippen LogP contribution in [-0.2, 0) is 19.3 Å². The van der Waals surface area contributed by atoms with E-state index in [1.807, 2.05) is 18.2 Å². The molecule has 0 spiro atoms. The predicted molar refractivity (Wildman–Crippen MR) is 106 cm³/mol. The van der Waals surface area contributed by atoms with E-state index >= 15 is 0 Å². The van der Waals surface area contributed by atoms with Crippen molar-refractivity contribution in [2.45, 2.75) is 38.2 Å². The standard InChI is InChI=1S/C22H26N4O2/c27-17-10-15-12-26(13-16(15)11-17)21-18-8-9-23-22(28)20(18)24-19(25-21)7-6-14-4-2-1-3-5-14/h1-5,15-17,27H,6-13H2,(H,23,28)/t15-,16+,17?. The van der Waals surface area contributed by atoms with Gasteiger partial charge in [0.15, 0.2) is 0 Å². The molecule has 1 amide bonds. The number of nitrogens with zero attached hydrogens (tertiary/aromatic N) is 3. The van der Waals surface area contributed by atoms with Crippen LogP contribution in [0.5, 0.6) is 0 Å². The minimum absolute atomic E-state index is 0.0827. The molecule has 1 unspecified atom stereocenters. The zero-order valence-corrected chi connectivity index (χ0v) is 16.0. The van der Waals surface area contributed by atoms with Gasteiger partial charge in [0.05, 0.1) is 6.10 Å². The second-order valence-electron chi connectivity index (χ2n) is 8.33. The van der Waals surface area contributed by atoms with Gasteiger partial charge in [-0.3, -0.25) is 4.79 Å². The van der Waals surface area contributed by atoms with Gasteiger partial charge in [0.25, 0.3) is 5.91 Å². The Hall–Kier alpha value is -2.47. The maximum Gasteiger partial charge on any atom is 0.270 e. The minimum Gasteiger partial charge on any atom is -0.393 e. The summed E-state index contributed by atoms with van der Waals surface area (Å²) in [4.78, 5) is 24.4. The fourth-order valence-electron chi connectivity index (χ4n) is 5.04. The third-order valence-electron chi connectivity index (χ3n) is 6.41. The molecule has 0 bridgehead atoms. The first kappa shape index (κ1) is 17.6. The van der Waals surface area contributed by atoms with Crippen LogP contribution < -0.4 is 10.2 Å². The smallest absolute Gasteiger partial charge is 0.270 e. The molecule has 3 heterocycles. The van der Waals surface area contributed by atoms with Gasteiger partial charge >= 0.3 is 0 Å². The normalized spacial score (nSPS) is 26.1. The first-order valence-electron chi connectivity index (χ1n) is 10.3. The summed E-state index contributed by atoms with van der Waals surface area (Å²) < 4.78 is 0. The van der Waals surface area contributed by atoms with Crippen molar-refractivity contribution in [3.8, 4) is 0 Å². The van der Waals surface area contributed by atoms with Crippen LogP contribution >= 0.6 is 0 Å². The number of amides is 1. The molecule has 2 N–H and O–H groups in total. The van der Waals surface area contributed by atoms with E-state index in [1.54, 1.807) is 0 Å². The molecule has 1 aliphatic carbocycles. The summed E-state index contributed by atoms with van der Waals surface area (Å²) in [6.45, 7) is 2.49. The van der Waals surface area contributed by atoms with Crippen molar-refractivity contribution in [2.24, 2.45) is 11.8 Å². The van der Waals surface area contributed by atoms with Gasteiger partial charge in [0, 0.05) is 31.6 Å². The third-order valence-corrected chi connectivity index (χ3v) is 6.41. The topological polar surface area (TPSA) is 78.4 Å². The molecule has 0 radical (unpaired) electrons. The SMILES string of the molecule is O=C1NCCc2c1nc(CCc1ccccc1)nc2N1C[C@H]2CC(O)C[C@H]2C1. The molecule has 1 aromatic carbocycles. The zero-order valence-electron chi connectivity index (χ0n) is 16.0. The number of carbonyl (C=O) groups is 1. The van der Waals surface area contributed by atoms with Gasteiger partial charge in [-0.15, -0.1) is 0 Å². The van der Waals surface area contributed by atoms with Crippen LogP contribution in [0.4, 0.5) is 5.82 Å². The van der Waals surface area contributed by atoms with E-state index in [0.29, 0.717) is 24.1 Å². The molecule has 2 fully saturated rings. The van der Waals surface area contributed by atoms with E-state index in [4.69, 9.17) is 4.98 Å². The van der Waals surface area contributed by atoms with E-state index < -0.39 is 0 Å². The van der Waals surface area contributed by atoms with Crippen LogP contribution in [0.25, 0.3) is 0 Å². The molecule has 2 aromatic rings. The third kappa shape index (κ3) is 3.26. The van der Waals surface area contributed by atoms with Gasteiger partial charge < -0.3 is 15.3 Å². The number of aryl methyl sites for hydroxylation is 2. The highest BCUT2D eigenvalue weighted by Gasteiger charge is 2.41. The number of carbonyl (C=O) groups excluding carboxylic acids is 1. The number of aliphatic hydroxyl groups excluding tert-OH is 1. The summed E-state index contributed by atoms with van der Waals surface area (Å²) in [5.41, 5.74) is 2.80. The van der Waals surface area contributed by atoms with Crippen LogP contribution in [0.2, 0.25) is 0 Å². The summed E-state index contributed by atoms with van der Waals surface area (Å²) in [6.07, 6.45) is 3.98. The van der Waals surface area contributed by atoms with Crippen LogP contribution in [0.1, 0.15) is 40.3 Å². The summed E-state index contributed by atoms with van der Waals surface area (Å²) in [7, 11) is 0. The molecular weight excluding hydrogens is 352 g/mol. The Morgan fingerprint density at radius 3 is 2.57 bits per heavy atom. The monoisotopic (exact) mass is 378 g/mol. The molecule has 6 nitrogen and oxygen atoms in total. The number of fused-ring (bicyclic) bond motifs is 2. The van der Waals surface area contributed by atoms with Gasteiger partial charge in [-0.1, -0.05) is 30.3 Å². The number of hydrogen-bond acceptors (Lipinski definition) is 5. The lowest BCUT2D eigenvalue weighted by atomic mass is 10.0. The molecule has 3 atom stereocenters. The van der Waals surface area contributed by atoms with Crippen molar-refractivity contribution in [1.82, 2.24) is 15.3 Å². The van der Waals surface area contributed by atoms with Gasteiger partial charge in [0.1, 0.15) is 17.3 Å². The summed E-state index contributed by atoms with van der Waals surface area (Å²) >= 11 is 0. The number of nitrogens with one attached hydrogen (secondary N) is 1. The van der Waals surface area contributed by atoms with Crippen LogP contribution in [0, 0.1) is 11.8 Å². The Balaban J connectivity index is 1.44. The Morgan fingerprint density at radius 2 is 1.82 bits per heavy atom. The largest absolute Gasteiger partial charge is 0.393 e. The fourth-order valence-corrected chi connectivity index (χ4v) is 5.04. The number of rotatable bonds is 4. The van der Waals surface area contributed by atoms with Crippen LogP contribution in [0.3, 0.4) is 0 Å². The fraction of sp³-hybridized carbons (Fsp3) is 0.500. The number of aromatic nitrogens is 2. The highest BCUT2D eigenvalue weighted by molar-refractivity contribution is 5.96. The molecule has 1 saturated heterocycles. The van der Waals surface area contributed by atoms with Crippen LogP contribution in [0.15, 0.2) is 30.3 Å². The Bertz CT molecular complexity index is 872. The Morgan fingerprint density at radius 1 is 1.07 bits per heavy atom. The minimum atomic E-state index is -0.149. The van der Waals surface area contributed by atoms with Crippen molar-refractivity contribution in [2.75, 3.05) is 24.5 Å². The van der Waals surface area contributed by atoms with Crippen molar-refractivity contribution in [3.05, 3.63) is 53.0 Å². The quantitative estimate of drug-likeness (QED) is 0.848. The van der Waals surface area contributed by atoms with E-state index in [-0.39, 0.29) is 12.0 Å². The Labute approximate surface area is 165 Å². The molecule has 1 aromatic heterocycles. The van der Waals surface area contributed by atoms with Gasteiger partial charge in [-0.2, -0.15) is 0 Å². The summed E-state index contributed by atoms with van der Waals surface area (Å²) in [5.74, 6) is 2.68. The second-order valence-corrected chi connectivity index (χ2v) is 8.33. The highest BCUT2D eigenvalue weighted by Crippen LogP contribution is 2.40. The van der Waals surface area contributed by atoms with Crippen molar-refractivity contribution < 1.29 is 9.90 Å². The van der Waals surface area contributed by atoms with E-state index in [9.17, 15) is 9.90 Å². The first-order chi connectivity index (χ1) is 13.7. The summed E-state index contributed by atoms with van der Waals surface area (Å²) in [6, 6.07) is 10.3. The number of hydrogen-bond donors (Lipinski definition) is 2. The second kappa shape index (κ2) is 7.17. The number of benzene rings is 1. The maximum absolute atomic E-state index is 12.5. The van der Waals surface area contributed by atoms with Crippen molar-refractivity contribution in [1.29, 1.82) is 0 Å². The molecule has 6 heteroatoms. The van der Waals surface area contributed by atoms with Crippen LogP contribution in [-0.4, -0.2) is 46.7 Å². The van der Waals surface area contributed by atoms with Gasteiger partial charge in [-0.05, 0) is 43.1 Å². The number of aliphatic hydroxyl groups is 1. The molecule has 28 heavy (non-hydrogen) atoms. The lowest BCUT2D eigenvalue weighted by Crippen LogP contribution is -2.36. The van der Waals surface area contributed by atoms with Gasteiger partial charge in [-0.25, -0.2) is 9.97 Å². The van der Waals surface area contributed by atoms with E-state index in [2.05, 4.69) is 27.3 Å². The van der Waals surface area contributed by atoms with Gasteiger partial charge in [0.2, 0.25) is 0 Å². The maximum atomic E-state index is 12.5. The molecule has 146 valence electrons. The average molecular weight is 378 g/mol. The molecular formula is C22H26N4O2. The predicted octanol–water partition coefficient (Wildman–Crippen LogP) is 1.75. The lowest BCUT2D eigenvalue weighted by Gasteiger charge is -2.26. The summed E-state index contributed by atoms with van der Waals surface area (Å²) in [5, 5.41) is 12.9. The number of anilines is 1. The Kier molecular flexibility index (Phi) is 4.51. The lowest BCUT2D eigenvalue weighted by molar-refractivity contribution is 0.0940.